The molecule has 0 radical (unpaired) electrons. The Balaban J connectivity index is 2.29. The Morgan fingerprint density at radius 1 is 1.45 bits per heavy atom. The lowest BCUT2D eigenvalue weighted by Gasteiger charge is -2.06. The standard InChI is InChI=1S/C12H10BrN3O4/c1-20-8-2-3-9(11(5-8)16(18)19)15-12(17)10-4-7(13)6-14-10/h2-6,14H,1H3,(H,15,17). The number of nitrogens with zero attached hydrogens (tertiary/aromatic N) is 1. The molecule has 20 heavy (non-hydrogen) atoms. The van der Waals surface area contributed by atoms with E-state index in [2.05, 4.69) is 26.2 Å². The van der Waals surface area contributed by atoms with E-state index < -0.39 is 10.8 Å². The fraction of sp³-hybridized carbons (Fsp3) is 0.0833. The van der Waals surface area contributed by atoms with Crippen molar-refractivity contribution in [1.82, 2.24) is 4.98 Å². The summed E-state index contributed by atoms with van der Waals surface area (Å²) < 4.78 is 5.64. The van der Waals surface area contributed by atoms with E-state index in [1.54, 1.807) is 12.3 Å². The number of aromatic nitrogens is 1. The Morgan fingerprint density at radius 2 is 2.20 bits per heavy atom. The van der Waals surface area contributed by atoms with Gasteiger partial charge in [-0.1, -0.05) is 0 Å². The molecule has 0 bridgehead atoms. The monoisotopic (exact) mass is 339 g/mol. The van der Waals surface area contributed by atoms with Gasteiger partial charge in [0.2, 0.25) is 0 Å². The molecule has 0 unspecified atom stereocenters. The van der Waals surface area contributed by atoms with E-state index in [4.69, 9.17) is 4.74 Å². The van der Waals surface area contributed by atoms with Crippen molar-refractivity contribution >= 4 is 33.2 Å². The van der Waals surface area contributed by atoms with Crippen molar-refractivity contribution in [1.29, 1.82) is 0 Å². The molecule has 0 aliphatic carbocycles. The highest BCUT2D eigenvalue weighted by molar-refractivity contribution is 9.10. The van der Waals surface area contributed by atoms with E-state index >= 15 is 0 Å². The number of anilines is 1. The van der Waals surface area contributed by atoms with Crippen molar-refractivity contribution in [3.05, 3.63) is 50.7 Å². The highest BCUT2D eigenvalue weighted by Crippen LogP contribution is 2.29. The summed E-state index contributed by atoms with van der Waals surface area (Å²) in [5.74, 6) is -0.124. The molecule has 7 nitrogen and oxygen atoms in total. The maximum Gasteiger partial charge on any atom is 0.296 e. The van der Waals surface area contributed by atoms with Gasteiger partial charge in [0.05, 0.1) is 18.1 Å². The number of carbonyl (C=O) groups is 1. The number of carbonyl (C=O) groups excluding carboxylic acids is 1. The van der Waals surface area contributed by atoms with Gasteiger partial charge in [-0.25, -0.2) is 0 Å². The summed E-state index contributed by atoms with van der Waals surface area (Å²) in [6.45, 7) is 0. The smallest absolute Gasteiger partial charge is 0.296 e. The topological polar surface area (TPSA) is 97.3 Å². The van der Waals surface area contributed by atoms with Gasteiger partial charge in [-0.05, 0) is 34.1 Å². The zero-order chi connectivity index (χ0) is 14.7. The van der Waals surface area contributed by atoms with Crippen LogP contribution in [-0.4, -0.2) is 22.9 Å². The van der Waals surface area contributed by atoms with Crippen LogP contribution in [0.15, 0.2) is 34.9 Å². The Bertz CT molecular complexity index is 668. The van der Waals surface area contributed by atoms with Gasteiger partial charge in [0.25, 0.3) is 11.6 Å². The first-order chi connectivity index (χ1) is 9.51. The quantitative estimate of drug-likeness (QED) is 0.660. The van der Waals surface area contributed by atoms with E-state index in [9.17, 15) is 14.9 Å². The van der Waals surface area contributed by atoms with Crippen LogP contribution in [0, 0.1) is 10.1 Å². The van der Waals surface area contributed by atoms with Gasteiger partial charge in [0, 0.05) is 10.7 Å². The van der Waals surface area contributed by atoms with Crippen molar-refractivity contribution in [2.45, 2.75) is 0 Å². The van der Waals surface area contributed by atoms with Crippen molar-refractivity contribution in [2.24, 2.45) is 0 Å². The zero-order valence-corrected chi connectivity index (χ0v) is 11.9. The molecule has 1 aromatic carbocycles. The molecular formula is C12H10BrN3O4. The van der Waals surface area contributed by atoms with Crippen molar-refractivity contribution in [3.63, 3.8) is 0 Å². The van der Waals surface area contributed by atoms with Crippen LogP contribution in [0.5, 0.6) is 5.75 Å². The molecule has 2 aromatic rings. The minimum absolute atomic E-state index is 0.103. The first-order valence-corrected chi connectivity index (χ1v) is 6.28. The average molecular weight is 340 g/mol. The second kappa shape index (κ2) is 5.74. The van der Waals surface area contributed by atoms with Gasteiger partial charge in [-0.15, -0.1) is 0 Å². The Kier molecular flexibility index (Phi) is 4.04. The third kappa shape index (κ3) is 2.97. The number of hydrogen-bond donors (Lipinski definition) is 2. The fourth-order valence-corrected chi connectivity index (χ4v) is 1.93. The number of aromatic amines is 1. The van der Waals surface area contributed by atoms with Gasteiger partial charge in [0.15, 0.2) is 0 Å². The molecule has 0 saturated carbocycles. The molecule has 8 heteroatoms. The number of rotatable bonds is 4. The number of H-pyrrole nitrogens is 1. The Labute approximate surface area is 122 Å². The van der Waals surface area contributed by atoms with Gasteiger partial charge in [-0.2, -0.15) is 0 Å². The second-order valence-electron chi connectivity index (χ2n) is 3.83. The molecule has 0 aliphatic rings. The van der Waals surface area contributed by atoms with Crippen LogP contribution < -0.4 is 10.1 Å². The van der Waals surface area contributed by atoms with E-state index in [-0.39, 0.29) is 11.4 Å². The number of benzene rings is 1. The van der Waals surface area contributed by atoms with Crippen molar-refractivity contribution in [2.75, 3.05) is 12.4 Å². The molecule has 0 fully saturated rings. The summed E-state index contributed by atoms with van der Waals surface area (Å²) in [6, 6.07) is 5.78. The predicted molar refractivity (Wildman–Crippen MR) is 76.1 cm³/mol. The predicted octanol–water partition coefficient (Wildman–Crippen LogP) is 2.95. The normalized spacial score (nSPS) is 10.1. The minimum atomic E-state index is -0.581. The molecule has 0 aliphatic heterocycles. The summed E-state index contributed by atoms with van der Waals surface area (Å²) in [4.78, 5) is 25.1. The van der Waals surface area contributed by atoms with E-state index in [1.807, 2.05) is 0 Å². The summed E-state index contributed by atoms with van der Waals surface area (Å²) in [7, 11) is 1.41. The molecule has 2 N–H and O–H groups in total. The lowest BCUT2D eigenvalue weighted by Crippen LogP contribution is -2.13. The average Bonchev–Trinajstić information content (AvgIpc) is 2.85. The molecule has 1 amide bonds. The van der Waals surface area contributed by atoms with E-state index in [0.717, 1.165) is 0 Å². The summed E-state index contributed by atoms with van der Waals surface area (Å²) in [5, 5.41) is 13.5. The highest BCUT2D eigenvalue weighted by atomic mass is 79.9. The molecule has 1 aromatic heterocycles. The van der Waals surface area contributed by atoms with E-state index in [1.165, 1.54) is 25.3 Å². The lowest BCUT2D eigenvalue weighted by molar-refractivity contribution is -0.384. The largest absolute Gasteiger partial charge is 0.496 e. The summed E-state index contributed by atoms with van der Waals surface area (Å²) in [6.07, 6.45) is 1.59. The van der Waals surface area contributed by atoms with E-state index in [0.29, 0.717) is 15.9 Å². The lowest BCUT2D eigenvalue weighted by atomic mass is 10.2. The molecule has 0 spiro atoms. The number of ether oxygens (including phenoxy) is 1. The van der Waals surface area contributed by atoms with Crippen LogP contribution in [0.1, 0.15) is 10.5 Å². The van der Waals surface area contributed by atoms with Crippen LogP contribution in [0.25, 0.3) is 0 Å². The number of nitro groups is 1. The van der Waals surface area contributed by atoms with Crippen LogP contribution in [0.3, 0.4) is 0 Å². The molecular weight excluding hydrogens is 330 g/mol. The molecule has 0 atom stereocenters. The van der Waals surface area contributed by atoms with Crippen LogP contribution in [-0.2, 0) is 0 Å². The van der Waals surface area contributed by atoms with Crippen LogP contribution >= 0.6 is 15.9 Å². The number of halogens is 1. The number of nitro benzene ring substituents is 1. The maximum absolute atomic E-state index is 11.9. The van der Waals surface area contributed by atoms with Gasteiger partial charge >= 0.3 is 0 Å². The molecule has 1 heterocycles. The summed E-state index contributed by atoms with van der Waals surface area (Å²) >= 11 is 3.21. The Hall–Kier alpha value is -2.35. The van der Waals surface area contributed by atoms with Crippen molar-refractivity contribution in [3.8, 4) is 5.75 Å². The minimum Gasteiger partial charge on any atom is -0.496 e. The van der Waals surface area contributed by atoms with Gasteiger partial charge in [-0.3, -0.25) is 14.9 Å². The molecule has 2 rings (SSSR count). The Morgan fingerprint density at radius 3 is 2.75 bits per heavy atom. The van der Waals surface area contributed by atoms with Crippen LogP contribution in [0.4, 0.5) is 11.4 Å². The number of amides is 1. The first kappa shape index (κ1) is 14.1. The number of methoxy groups -OCH3 is 1. The highest BCUT2D eigenvalue weighted by Gasteiger charge is 2.18. The second-order valence-corrected chi connectivity index (χ2v) is 4.74. The molecule has 0 saturated heterocycles. The molecule has 104 valence electrons. The maximum atomic E-state index is 11.9. The van der Waals surface area contributed by atoms with Gasteiger partial charge in [0.1, 0.15) is 17.1 Å². The number of hydrogen-bond acceptors (Lipinski definition) is 4. The van der Waals surface area contributed by atoms with Crippen molar-refractivity contribution < 1.29 is 14.5 Å². The van der Waals surface area contributed by atoms with Gasteiger partial charge < -0.3 is 15.0 Å². The fourth-order valence-electron chi connectivity index (χ4n) is 1.58. The first-order valence-electron chi connectivity index (χ1n) is 5.49. The SMILES string of the molecule is COc1ccc(NC(=O)c2cc(Br)c[nH]2)c([N+](=O)[O-])c1. The third-order valence-corrected chi connectivity index (χ3v) is 3.00. The number of nitrogens with one attached hydrogen (secondary N) is 2. The third-order valence-electron chi connectivity index (χ3n) is 2.54. The summed E-state index contributed by atoms with van der Waals surface area (Å²) in [5.41, 5.74) is 0.164. The van der Waals surface area contributed by atoms with Crippen LogP contribution in [0.2, 0.25) is 0 Å². The zero-order valence-electron chi connectivity index (χ0n) is 10.3.